The SMILES string of the molecule is CC(CNC(C)C(=O)N1CCCCCC1)CN1CCCC1. The molecule has 122 valence electrons. The Labute approximate surface area is 130 Å². The predicted octanol–water partition coefficient (Wildman–Crippen LogP) is 2.10. The van der Waals surface area contributed by atoms with Crippen LogP contribution in [0.2, 0.25) is 0 Å². The van der Waals surface area contributed by atoms with E-state index in [1.54, 1.807) is 0 Å². The summed E-state index contributed by atoms with van der Waals surface area (Å²) in [5.41, 5.74) is 0. The van der Waals surface area contributed by atoms with E-state index in [4.69, 9.17) is 0 Å². The predicted molar refractivity (Wildman–Crippen MR) is 87.4 cm³/mol. The van der Waals surface area contributed by atoms with E-state index in [0.29, 0.717) is 11.8 Å². The molecule has 2 rings (SSSR count). The van der Waals surface area contributed by atoms with E-state index in [1.165, 1.54) is 51.6 Å². The van der Waals surface area contributed by atoms with E-state index in [-0.39, 0.29) is 6.04 Å². The molecule has 1 N–H and O–H groups in total. The Morgan fingerprint density at radius 2 is 1.52 bits per heavy atom. The van der Waals surface area contributed by atoms with Crippen LogP contribution in [0, 0.1) is 5.92 Å². The van der Waals surface area contributed by atoms with Crippen LogP contribution in [0.15, 0.2) is 0 Å². The van der Waals surface area contributed by atoms with Crippen LogP contribution in [0.1, 0.15) is 52.4 Å². The van der Waals surface area contributed by atoms with Crippen molar-refractivity contribution in [3.63, 3.8) is 0 Å². The Kier molecular flexibility index (Phi) is 6.97. The van der Waals surface area contributed by atoms with Gasteiger partial charge in [-0.15, -0.1) is 0 Å². The third kappa shape index (κ3) is 5.59. The molecule has 0 aromatic heterocycles. The Morgan fingerprint density at radius 1 is 0.952 bits per heavy atom. The molecule has 0 aromatic carbocycles. The van der Waals surface area contributed by atoms with Crippen molar-refractivity contribution >= 4 is 5.91 Å². The molecular weight excluding hydrogens is 262 g/mol. The quantitative estimate of drug-likeness (QED) is 0.815. The maximum atomic E-state index is 12.5. The minimum Gasteiger partial charge on any atom is -0.341 e. The van der Waals surface area contributed by atoms with Crippen LogP contribution in [0.3, 0.4) is 0 Å². The molecule has 4 nitrogen and oxygen atoms in total. The van der Waals surface area contributed by atoms with Crippen molar-refractivity contribution < 1.29 is 4.79 Å². The molecule has 0 spiro atoms. The molecule has 2 aliphatic rings. The zero-order chi connectivity index (χ0) is 15.1. The maximum Gasteiger partial charge on any atom is 0.239 e. The highest BCUT2D eigenvalue weighted by Gasteiger charge is 2.22. The molecule has 2 aliphatic heterocycles. The van der Waals surface area contributed by atoms with E-state index >= 15 is 0 Å². The Bertz CT molecular complexity index is 307. The second kappa shape index (κ2) is 8.74. The van der Waals surface area contributed by atoms with Gasteiger partial charge in [0, 0.05) is 19.6 Å². The van der Waals surface area contributed by atoms with Gasteiger partial charge in [-0.3, -0.25) is 4.79 Å². The van der Waals surface area contributed by atoms with Crippen molar-refractivity contribution in [2.75, 3.05) is 39.3 Å². The van der Waals surface area contributed by atoms with Gasteiger partial charge >= 0.3 is 0 Å². The summed E-state index contributed by atoms with van der Waals surface area (Å²) in [7, 11) is 0. The van der Waals surface area contributed by atoms with Crippen LogP contribution >= 0.6 is 0 Å². The van der Waals surface area contributed by atoms with Crippen LogP contribution in [0.5, 0.6) is 0 Å². The molecule has 2 atom stereocenters. The van der Waals surface area contributed by atoms with Crippen molar-refractivity contribution in [1.29, 1.82) is 0 Å². The number of amides is 1. The minimum atomic E-state index is -0.0378. The molecule has 0 bridgehead atoms. The lowest BCUT2D eigenvalue weighted by atomic mass is 10.1. The standard InChI is InChI=1S/C17H33N3O/c1-15(14-19-9-7-8-10-19)13-18-16(2)17(21)20-11-5-3-4-6-12-20/h15-16,18H,3-14H2,1-2H3. The fourth-order valence-corrected chi connectivity index (χ4v) is 3.50. The van der Waals surface area contributed by atoms with Crippen LogP contribution in [-0.4, -0.2) is 61.0 Å². The van der Waals surface area contributed by atoms with E-state index in [9.17, 15) is 4.79 Å². The zero-order valence-electron chi connectivity index (χ0n) is 13.9. The van der Waals surface area contributed by atoms with Crippen LogP contribution in [0.25, 0.3) is 0 Å². The smallest absolute Gasteiger partial charge is 0.239 e. The average molecular weight is 295 g/mol. The summed E-state index contributed by atoms with van der Waals surface area (Å²) in [6.07, 6.45) is 7.60. The lowest BCUT2D eigenvalue weighted by Gasteiger charge is -2.26. The van der Waals surface area contributed by atoms with Gasteiger partial charge in [0.05, 0.1) is 6.04 Å². The van der Waals surface area contributed by atoms with Gasteiger partial charge in [-0.05, 0) is 58.2 Å². The number of nitrogens with zero attached hydrogens (tertiary/aromatic N) is 2. The Balaban J connectivity index is 1.67. The van der Waals surface area contributed by atoms with Crippen LogP contribution in [0.4, 0.5) is 0 Å². The molecule has 4 heteroatoms. The molecule has 0 aliphatic carbocycles. The number of hydrogen-bond donors (Lipinski definition) is 1. The van der Waals surface area contributed by atoms with Gasteiger partial charge in [0.2, 0.25) is 5.91 Å². The topological polar surface area (TPSA) is 35.6 Å². The molecule has 0 aromatic rings. The summed E-state index contributed by atoms with van der Waals surface area (Å²) < 4.78 is 0. The second-order valence-corrected chi connectivity index (χ2v) is 6.98. The number of hydrogen-bond acceptors (Lipinski definition) is 3. The summed E-state index contributed by atoms with van der Waals surface area (Å²) in [5.74, 6) is 0.910. The van der Waals surface area contributed by atoms with Crippen LogP contribution in [-0.2, 0) is 4.79 Å². The Hall–Kier alpha value is -0.610. The van der Waals surface area contributed by atoms with Crippen molar-refractivity contribution in [3.8, 4) is 0 Å². The first-order valence-corrected chi connectivity index (χ1v) is 8.91. The van der Waals surface area contributed by atoms with E-state index < -0.39 is 0 Å². The normalized spacial score (nSPS) is 23.8. The third-order valence-corrected chi connectivity index (χ3v) is 4.83. The van der Waals surface area contributed by atoms with E-state index in [0.717, 1.165) is 26.2 Å². The highest BCUT2D eigenvalue weighted by atomic mass is 16.2. The third-order valence-electron chi connectivity index (χ3n) is 4.83. The summed E-state index contributed by atoms with van der Waals surface area (Å²) in [6.45, 7) is 10.8. The van der Waals surface area contributed by atoms with E-state index in [1.807, 2.05) is 6.92 Å². The first kappa shape index (κ1) is 16.8. The average Bonchev–Trinajstić information content (AvgIpc) is 2.83. The van der Waals surface area contributed by atoms with Gasteiger partial charge in [-0.25, -0.2) is 0 Å². The molecule has 1 amide bonds. The monoisotopic (exact) mass is 295 g/mol. The molecule has 2 heterocycles. The molecule has 21 heavy (non-hydrogen) atoms. The summed E-state index contributed by atoms with van der Waals surface area (Å²) in [6, 6.07) is -0.0378. The fraction of sp³-hybridized carbons (Fsp3) is 0.941. The molecule has 0 radical (unpaired) electrons. The number of carbonyl (C=O) groups excluding carboxylic acids is 1. The number of nitrogens with one attached hydrogen (secondary N) is 1. The van der Waals surface area contributed by atoms with Gasteiger partial charge in [0.25, 0.3) is 0 Å². The molecular formula is C17H33N3O. The lowest BCUT2D eigenvalue weighted by molar-refractivity contribution is -0.133. The highest BCUT2D eigenvalue weighted by Crippen LogP contribution is 2.12. The summed E-state index contributed by atoms with van der Waals surface area (Å²) in [4.78, 5) is 17.1. The summed E-state index contributed by atoms with van der Waals surface area (Å²) >= 11 is 0. The molecule has 2 saturated heterocycles. The Morgan fingerprint density at radius 3 is 2.14 bits per heavy atom. The van der Waals surface area contributed by atoms with Crippen molar-refractivity contribution in [3.05, 3.63) is 0 Å². The van der Waals surface area contributed by atoms with E-state index in [2.05, 4.69) is 22.0 Å². The number of rotatable bonds is 6. The highest BCUT2D eigenvalue weighted by molar-refractivity contribution is 5.81. The minimum absolute atomic E-state index is 0.0378. The van der Waals surface area contributed by atoms with Gasteiger partial charge in [-0.2, -0.15) is 0 Å². The van der Waals surface area contributed by atoms with Crippen molar-refractivity contribution in [2.24, 2.45) is 5.92 Å². The molecule has 2 unspecified atom stereocenters. The zero-order valence-corrected chi connectivity index (χ0v) is 13.9. The molecule has 0 saturated carbocycles. The number of carbonyl (C=O) groups is 1. The van der Waals surface area contributed by atoms with Gasteiger partial charge in [0.1, 0.15) is 0 Å². The first-order valence-electron chi connectivity index (χ1n) is 8.91. The van der Waals surface area contributed by atoms with Crippen LogP contribution < -0.4 is 5.32 Å². The van der Waals surface area contributed by atoms with Gasteiger partial charge in [0.15, 0.2) is 0 Å². The number of likely N-dealkylation sites (tertiary alicyclic amines) is 2. The largest absolute Gasteiger partial charge is 0.341 e. The summed E-state index contributed by atoms with van der Waals surface area (Å²) in [5, 5.41) is 3.46. The second-order valence-electron chi connectivity index (χ2n) is 6.98. The molecule has 2 fully saturated rings. The van der Waals surface area contributed by atoms with Gasteiger partial charge < -0.3 is 15.1 Å². The van der Waals surface area contributed by atoms with Gasteiger partial charge in [-0.1, -0.05) is 19.8 Å². The van der Waals surface area contributed by atoms with Crippen molar-refractivity contribution in [1.82, 2.24) is 15.1 Å². The fourth-order valence-electron chi connectivity index (χ4n) is 3.50. The maximum absolute atomic E-state index is 12.5. The first-order chi connectivity index (χ1) is 10.2. The van der Waals surface area contributed by atoms with Crippen molar-refractivity contribution in [2.45, 2.75) is 58.4 Å². The lowest BCUT2D eigenvalue weighted by Crippen LogP contribution is -2.47.